The number of hydrogen-bond acceptors (Lipinski definition) is 3. The van der Waals surface area contributed by atoms with Gasteiger partial charge in [-0.05, 0) is 31.7 Å². The zero-order valence-corrected chi connectivity index (χ0v) is 12.5. The molecule has 1 amide bonds. The van der Waals surface area contributed by atoms with Crippen LogP contribution in [0.25, 0.3) is 0 Å². The second-order valence-electron chi connectivity index (χ2n) is 4.69. The van der Waals surface area contributed by atoms with Crippen molar-refractivity contribution < 1.29 is 4.79 Å². The number of anilines is 1. The molecule has 0 atom stereocenters. The average molecular weight is 263 g/mol. The number of aromatic nitrogens is 2. The molecule has 106 valence electrons. The van der Waals surface area contributed by atoms with Crippen molar-refractivity contribution in [2.45, 2.75) is 65.8 Å². The maximum Gasteiger partial charge on any atom is 0.232 e. The quantitative estimate of drug-likeness (QED) is 0.757. The molecule has 0 radical (unpaired) electrons. The molecule has 1 aromatic rings. The molecule has 1 aromatic heterocycles. The van der Waals surface area contributed by atoms with E-state index in [1.54, 1.807) is 11.1 Å². The number of aryl methyl sites for hydroxylation is 1. The van der Waals surface area contributed by atoms with Crippen LogP contribution in [0.2, 0.25) is 0 Å². The van der Waals surface area contributed by atoms with E-state index in [-0.39, 0.29) is 11.9 Å². The first-order chi connectivity index (χ1) is 9.17. The third kappa shape index (κ3) is 4.01. The largest absolute Gasteiger partial charge is 0.278 e. The molecule has 0 aliphatic rings. The van der Waals surface area contributed by atoms with E-state index >= 15 is 0 Å². The molecule has 0 bridgehead atoms. The third-order valence-corrected chi connectivity index (χ3v) is 3.32. The Kier molecular flexibility index (Phi) is 6.46. The molecular weight excluding hydrogens is 238 g/mol. The minimum absolute atomic E-state index is 0.129. The van der Waals surface area contributed by atoms with E-state index in [0.29, 0.717) is 12.4 Å². The lowest BCUT2D eigenvalue weighted by Gasteiger charge is -2.28. The first-order valence-electron chi connectivity index (χ1n) is 7.31. The van der Waals surface area contributed by atoms with Crippen LogP contribution in [-0.4, -0.2) is 21.9 Å². The monoisotopic (exact) mass is 263 g/mol. The fraction of sp³-hybridized carbons (Fsp3) is 0.667. The van der Waals surface area contributed by atoms with Gasteiger partial charge in [0.2, 0.25) is 11.9 Å². The van der Waals surface area contributed by atoms with Crippen molar-refractivity contribution in [3.05, 3.63) is 18.0 Å². The van der Waals surface area contributed by atoms with Crippen LogP contribution in [0.15, 0.2) is 12.3 Å². The van der Waals surface area contributed by atoms with Gasteiger partial charge in [0.1, 0.15) is 0 Å². The first kappa shape index (κ1) is 15.6. The number of rotatable bonds is 7. The summed E-state index contributed by atoms with van der Waals surface area (Å²) in [6.45, 7) is 8.28. The predicted octanol–water partition coefficient (Wildman–Crippen LogP) is 3.36. The molecule has 0 spiro atoms. The highest BCUT2D eigenvalue weighted by atomic mass is 16.2. The van der Waals surface area contributed by atoms with Crippen molar-refractivity contribution >= 4 is 11.9 Å². The molecule has 0 saturated heterocycles. The fourth-order valence-corrected chi connectivity index (χ4v) is 2.16. The number of hydrogen-bond donors (Lipinski definition) is 0. The summed E-state index contributed by atoms with van der Waals surface area (Å²) in [5.41, 5.74) is 0.977. The molecule has 1 rings (SSSR count). The van der Waals surface area contributed by atoms with Crippen LogP contribution in [0.4, 0.5) is 5.95 Å². The average Bonchev–Trinajstić information content (AvgIpc) is 2.44. The second-order valence-corrected chi connectivity index (χ2v) is 4.69. The Morgan fingerprint density at radius 3 is 2.47 bits per heavy atom. The minimum atomic E-state index is 0.129. The molecule has 0 fully saturated rings. The lowest BCUT2D eigenvalue weighted by atomic mass is 10.1. The number of carbonyl (C=O) groups excluding carboxylic acids is 1. The van der Waals surface area contributed by atoms with Gasteiger partial charge in [-0.15, -0.1) is 0 Å². The normalized spacial score (nSPS) is 10.8. The van der Waals surface area contributed by atoms with Gasteiger partial charge in [-0.2, -0.15) is 0 Å². The predicted molar refractivity (Wildman–Crippen MR) is 78.2 cm³/mol. The van der Waals surface area contributed by atoms with E-state index < -0.39 is 0 Å². The molecule has 4 nitrogen and oxygen atoms in total. The summed E-state index contributed by atoms with van der Waals surface area (Å²) in [5.74, 6) is 0.691. The minimum Gasteiger partial charge on any atom is -0.278 e. The standard InChI is InChI=1S/C15H25N3O/c1-5-9-14(19)18(13(7-3)8-4)15-16-11-10-12(6-2)17-15/h10-11,13H,5-9H2,1-4H3. The smallest absolute Gasteiger partial charge is 0.232 e. The van der Waals surface area contributed by atoms with Gasteiger partial charge >= 0.3 is 0 Å². The Balaban J connectivity index is 3.10. The Bertz CT molecular complexity index is 402. The molecular formula is C15H25N3O. The van der Waals surface area contributed by atoms with Gasteiger partial charge in [0.25, 0.3) is 0 Å². The van der Waals surface area contributed by atoms with Crippen molar-refractivity contribution in [1.82, 2.24) is 9.97 Å². The Labute approximate surface area is 116 Å². The zero-order chi connectivity index (χ0) is 14.3. The van der Waals surface area contributed by atoms with Crippen LogP contribution in [-0.2, 0) is 11.2 Å². The topological polar surface area (TPSA) is 46.1 Å². The van der Waals surface area contributed by atoms with Crippen molar-refractivity contribution in [3.63, 3.8) is 0 Å². The van der Waals surface area contributed by atoms with Gasteiger partial charge < -0.3 is 0 Å². The highest BCUT2D eigenvalue weighted by Crippen LogP contribution is 2.18. The summed E-state index contributed by atoms with van der Waals surface area (Å²) in [6, 6.07) is 2.09. The van der Waals surface area contributed by atoms with Gasteiger partial charge in [-0.25, -0.2) is 9.97 Å². The number of nitrogens with zero attached hydrogens (tertiary/aromatic N) is 3. The molecule has 0 N–H and O–H groups in total. The van der Waals surface area contributed by atoms with Gasteiger partial charge in [0, 0.05) is 24.4 Å². The Hall–Kier alpha value is -1.45. The van der Waals surface area contributed by atoms with E-state index in [1.165, 1.54) is 0 Å². The lowest BCUT2D eigenvalue weighted by molar-refractivity contribution is -0.119. The number of amides is 1. The van der Waals surface area contributed by atoms with Crippen molar-refractivity contribution in [2.24, 2.45) is 0 Å². The molecule has 0 aliphatic carbocycles. The molecule has 0 saturated carbocycles. The summed E-state index contributed by atoms with van der Waals surface area (Å²) in [5, 5.41) is 0. The molecule has 4 heteroatoms. The zero-order valence-electron chi connectivity index (χ0n) is 12.5. The second kappa shape index (κ2) is 7.87. The van der Waals surface area contributed by atoms with Crippen molar-refractivity contribution in [2.75, 3.05) is 4.90 Å². The summed E-state index contributed by atoms with van der Waals surface area (Å²) in [6.07, 6.45) is 5.85. The molecule has 19 heavy (non-hydrogen) atoms. The van der Waals surface area contributed by atoms with E-state index in [4.69, 9.17) is 0 Å². The van der Waals surface area contributed by atoms with Gasteiger partial charge in [0.15, 0.2) is 0 Å². The highest BCUT2D eigenvalue weighted by molar-refractivity contribution is 5.92. The van der Waals surface area contributed by atoms with Crippen LogP contribution in [0, 0.1) is 0 Å². The summed E-state index contributed by atoms with van der Waals surface area (Å²) in [7, 11) is 0. The highest BCUT2D eigenvalue weighted by Gasteiger charge is 2.24. The molecule has 0 unspecified atom stereocenters. The summed E-state index contributed by atoms with van der Waals surface area (Å²) >= 11 is 0. The summed E-state index contributed by atoms with van der Waals surface area (Å²) < 4.78 is 0. The first-order valence-corrected chi connectivity index (χ1v) is 7.31. The third-order valence-electron chi connectivity index (χ3n) is 3.32. The Morgan fingerprint density at radius 1 is 1.26 bits per heavy atom. The van der Waals surface area contributed by atoms with Gasteiger partial charge in [-0.1, -0.05) is 27.7 Å². The SMILES string of the molecule is CCCC(=O)N(c1nccc(CC)n1)C(CC)CC. The van der Waals surface area contributed by atoms with Crippen LogP contribution >= 0.6 is 0 Å². The molecule has 0 aromatic carbocycles. The van der Waals surface area contributed by atoms with E-state index in [1.807, 2.05) is 13.0 Å². The van der Waals surface area contributed by atoms with Crippen LogP contribution in [0.1, 0.15) is 59.1 Å². The molecule has 1 heterocycles. The van der Waals surface area contributed by atoms with E-state index in [0.717, 1.165) is 31.4 Å². The lowest BCUT2D eigenvalue weighted by Crippen LogP contribution is -2.41. The van der Waals surface area contributed by atoms with Crippen LogP contribution in [0.3, 0.4) is 0 Å². The van der Waals surface area contributed by atoms with Gasteiger partial charge in [0.05, 0.1) is 0 Å². The van der Waals surface area contributed by atoms with E-state index in [2.05, 4.69) is 30.7 Å². The molecule has 0 aliphatic heterocycles. The van der Waals surface area contributed by atoms with Crippen molar-refractivity contribution in [3.8, 4) is 0 Å². The van der Waals surface area contributed by atoms with Gasteiger partial charge in [-0.3, -0.25) is 9.69 Å². The fourth-order valence-electron chi connectivity index (χ4n) is 2.16. The number of carbonyl (C=O) groups is 1. The maximum atomic E-state index is 12.3. The summed E-state index contributed by atoms with van der Waals surface area (Å²) in [4.78, 5) is 23.0. The van der Waals surface area contributed by atoms with E-state index in [9.17, 15) is 4.79 Å². The maximum absolute atomic E-state index is 12.3. The van der Waals surface area contributed by atoms with Crippen LogP contribution < -0.4 is 4.90 Å². The van der Waals surface area contributed by atoms with Crippen molar-refractivity contribution in [1.29, 1.82) is 0 Å². The Morgan fingerprint density at radius 2 is 1.95 bits per heavy atom. The van der Waals surface area contributed by atoms with Crippen LogP contribution in [0.5, 0.6) is 0 Å².